The number of amides is 1. The third-order valence-electron chi connectivity index (χ3n) is 3.50. The molecular formula is C17H21F2N3O2. The third kappa shape index (κ3) is 5.13. The van der Waals surface area contributed by atoms with E-state index in [2.05, 4.69) is 10.5 Å². The summed E-state index contributed by atoms with van der Waals surface area (Å²) in [4.78, 5) is 13.8. The standard InChI is InChI=1S/C17H21F2N3O2/c1-11(7-14-15(18)5-4-6-16(14)19)20-17(23)10-22(3)9-13-8-12(2)24-21-13/h4-6,8,11H,7,9-10H2,1-3H3,(H,20,23). The molecule has 5 nitrogen and oxygen atoms in total. The van der Waals surface area contributed by atoms with Gasteiger partial charge in [0.25, 0.3) is 0 Å². The Kier molecular flexibility index (Phi) is 6.03. The molecule has 0 fully saturated rings. The number of carbonyl (C=O) groups is 1. The molecule has 0 spiro atoms. The third-order valence-corrected chi connectivity index (χ3v) is 3.50. The Morgan fingerprint density at radius 3 is 2.62 bits per heavy atom. The smallest absolute Gasteiger partial charge is 0.234 e. The number of halogens is 2. The predicted octanol–water partition coefficient (Wildman–Crippen LogP) is 2.44. The molecule has 1 atom stereocenters. The molecule has 1 aromatic heterocycles. The quantitative estimate of drug-likeness (QED) is 0.843. The average molecular weight is 337 g/mol. The van der Waals surface area contributed by atoms with Gasteiger partial charge in [-0.2, -0.15) is 0 Å². The second kappa shape index (κ2) is 8.01. The van der Waals surface area contributed by atoms with Crippen LogP contribution in [0.3, 0.4) is 0 Å². The van der Waals surface area contributed by atoms with Gasteiger partial charge in [-0.1, -0.05) is 11.2 Å². The fourth-order valence-electron chi connectivity index (χ4n) is 2.48. The summed E-state index contributed by atoms with van der Waals surface area (Å²) < 4.78 is 32.2. The van der Waals surface area contributed by atoms with Crippen molar-refractivity contribution in [2.75, 3.05) is 13.6 Å². The van der Waals surface area contributed by atoms with Gasteiger partial charge in [0, 0.05) is 24.2 Å². The van der Waals surface area contributed by atoms with Crippen LogP contribution < -0.4 is 5.32 Å². The van der Waals surface area contributed by atoms with Crippen LogP contribution in [0.1, 0.15) is 23.9 Å². The number of likely N-dealkylation sites (N-methyl/N-ethyl adjacent to an activating group) is 1. The summed E-state index contributed by atoms with van der Waals surface area (Å²) in [6.07, 6.45) is 0.0937. The fraction of sp³-hybridized carbons (Fsp3) is 0.412. The minimum Gasteiger partial charge on any atom is -0.361 e. The van der Waals surface area contributed by atoms with Crippen LogP contribution >= 0.6 is 0 Å². The van der Waals surface area contributed by atoms with Crippen LogP contribution in [0.25, 0.3) is 0 Å². The van der Waals surface area contributed by atoms with Gasteiger partial charge in [-0.3, -0.25) is 9.69 Å². The Bertz CT molecular complexity index is 683. The molecule has 0 aliphatic rings. The van der Waals surface area contributed by atoms with Gasteiger partial charge in [0.2, 0.25) is 5.91 Å². The number of benzene rings is 1. The summed E-state index contributed by atoms with van der Waals surface area (Å²) in [7, 11) is 1.78. The highest BCUT2D eigenvalue weighted by atomic mass is 19.1. The van der Waals surface area contributed by atoms with Crippen molar-refractivity contribution in [1.29, 1.82) is 0 Å². The molecule has 130 valence electrons. The zero-order chi connectivity index (χ0) is 17.7. The molecule has 1 N–H and O–H groups in total. The van der Waals surface area contributed by atoms with E-state index in [1.165, 1.54) is 18.2 Å². The summed E-state index contributed by atoms with van der Waals surface area (Å²) in [6.45, 7) is 4.13. The molecule has 1 unspecified atom stereocenters. The summed E-state index contributed by atoms with van der Waals surface area (Å²) in [5.74, 6) is -0.713. The Labute approximate surface area is 139 Å². The van der Waals surface area contributed by atoms with E-state index < -0.39 is 11.6 Å². The first-order valence-corrected chi connectivity index (χ1v) is 7.68. The van der Waals surface area contributed by atoms with E-state index >= 15 is 0 Å². The summed E-state index contributed by atoms with van der Waals surface area (Å²) in [5.41, 5.74) is 0.723. The number of carbonyl (C=O) groups excluding carboxylic acids is 1. The van der Waals surface area contributed by atoms with Gasteiger partial charge in [0.1, 0.15) is 17.4 Å². The number of rotatable bonds is 7. The van der Waals surface area contributed by atoms with Crippen molar-refractivity contribution in [3.63, 3.8) is 0 Å². The maximum atomic E-state index is 13.6. The lowest BCUT2D eigenvalue weighted by atomic mass is 10.1. The normalized spacial score (nSPS) is 12.4. The monoisotopic (exact) mass is 337 g/mol. The highest BCUT2D eigenvalue weighted by Crippen LogP contribution is 2.14. The van der Waals surface area contributed by atoms with Crippen molar-refractivity contribution in [1.82, 2.24) is 15.4 Å². The molecule has 1 amide bonds. The average Bonchev–Trinajstić information content (AvgIpc) is 2.87. The van der Waals surface area contributed by atoms with E-state index in [0.29, 0.717) is 12.3 Å². The molecule has 0 bridgehead atoms. The molecule has 0 radical (unpaired) electrons. The van der Waals surface area contributed by atoms with Crippen molar-refractivity contribution >= 4 is 5.91 Å². The van der Waals surface area contributed by atoms with Crippen LogP contribution in [0.15, 0.2) is 28.8 Å². The first kappa shape index (κ1) is 18.1. The van der Waals surface area contributed by atoms with Gasteiger partial charge in [-0.15, -0.1) is 0 Å². The van der Waals surface area contributed by atoms with Crippen LogP contribution in [0.4, 0.5) is 8.78 Å². The Morgan fingerprint density at radius 1 is 1.38 bits per heavy atom. The topological polar surface area (TPSA) is 58.4 Å². The predicted molar refractivity (Wildman–Crippen MR) is 85.2 cm³/mol. The van der Waals surface area contributed by atoms with Crippen LogP contribution in [0, 0.1) is 18.6 Å². The maximum Gasteiger partial charge on any atom is 0.234 e. The zero-order valence-electron chi connectivity index (χ0n) is 14.0. The molecule has 0 aliphatic heterocycles. The van der Waals surface area contributed by atoms with Gasteiger partial charge in [-0.25, -0.2) is 8.78 Å². The summed E-state index contributed by atoms with van der Waals surface area (Å²) >= 11 is 0. The van der Waals surface area contributed by atoms with Crippen molar-refractivity contribution in [2.24, 2.45) is 0 Å². The zero-order valence-corrected chi connectivity index (χ0v) is 14.0. The van der Waals surface area contributed by atoms with E-state index in [4.69, 9.17) is 4.52 Å². The van der Waals surface area contributed by atoms with E-state index in [-0.39, 0.29) is 30.5 Å². The van der Waals surface area contributed by atoms with E-state index in [0.717, 1.165) is 5.69 Å². The lowest BCUT2D eigenvalue weighted by molar-refractivity contribution is -0.122. The van der Waals surface area contributed by atoms with Crippen molar-refractivity contribution in [3.8, 4) is 0 Å². The van der Waals surface area contributed by atoms with Crippen LogP contribution in [-0.2, 0) is 17.8 Å². The number of nitrogens with zero attached hydrogens (tertiary/aromatic N) is 2. The highest BCUT2D eigenvalue weighted by Gasteiger charge is 2.15. The first-order valence-electron chi connectivity index (χ1n) is 7.68. The molecule has 24 heavy (non-hydrogen) atoms. The fourth-order valence-corrected chi connectivity index (χ4v) is 2.48. The Morgan fingerprint density at radius 2 is 2.04 bits per heavy atom. The SMILES string of the molecule is Cc1cc(CN(C)CC(=O)NC(C)Cc2c(F)cccc2F)no1. The second-order valence-corrected chi connectivity index (χ2v) is 5.97. The summed E-state index contributed by atoms with van der Waals surface area (Å²) in [5, 5.41) is 6.61. The van der Waals surface area contributed by atoms with Crippen LogP contribution in [-0.4, -0.2) is 35.6 Å². The Hall–Kier alpha value is -2.28. The lowest BCUT2D eigenvalue weighted by Crippen LogP contribution is -2.40. The minimum atomic E-state index is -0.602. The van der Waals surface area contributed by atoms with Gasteiger partial charge < -0.3 is 9.84 Å². The molecule has 0 saturated carbocycles. The largest absolute Gasteiger partial charge is 0.361 e. The molecular weight excluding hydrogens is 316 g/mol. The lowest BCUT2D eigenvalue weighted by Gasteiger charge is -2.18. The van der Waals surface area contributed by atoms with E-state index in [1.54, 1.807) is 31.9 Å². The maximum absolute atomic E-state index is 13.6. The number of hydrogen-bond acceptors (Lipinski definition) is 4. The number of hydrogen-bond donors (Lipinski definition) is 1. The second-order valence-electron chi connectivity index (χ2n) is 5.97. The highest BCUT2D eigenvalue weighted by molar-refractivity contribution is 5.78. The van der Waals surface area contributed by atoms with Gasteiger partial charge >= 0.3 is 0 Å². The van der Waals surface area contributed by atoms with Gasteiger partial charge in [0.05, 0.1) is 12.2 Å². The van der Waals surface area contributed by atoms with Crippen molar-refractivity contribution in [2.45, 2.75) is 32.9 Å². The number of nitrogens with one attached hydrogen (secondary N) is 1. The molecule has 2 rings (SSSR count). The van der Waals surface area contributed by atoms with Crippen molar-refractivity contribution < 1.29 is 18.1 Å². The molecule has 2 aromatic rings. The van der Waals surface area contributed by atoms with E-state index in [1.807, 2.05) is 0 Å². The molecule has 0 saturated heterocycles. The molecule has 0 aliphatic carbocycles. The van der Waals surface area contributed by atoms with Crippen molar-refractivity contribution in [3.05, 3.63) is 52.9 Å². The van der Waals surface area contributed by atoms with Gasteiger partial charge in [-0.05, 0) is 39.4 Å². The van der Waals surface area contributed by atoms with Gasteiger partial charge in [0.15, 0.2) is 0 Å². The number of aromatic nitrogens is 1. The molecule has 7 heteroatoms. The Balaban J connectivity index is 1.83. The number of aryl methyl sites for hydroxylation is 1. The van der Waals surface area contributed by atoms with E-state index in [9.17, 15) is 13.6 Å². The minimum absolute atomic E-state index is 0.0169. The first-order chi connectivity index (χ1) is 11.3. The van der Waals surface area contributed by atoms with Crippen LogP contribution in [0.5, 0.6) is 0 Å². The van der Waals surface area contributed by atoms with Crippen LogP contribution in [0.2, 0.25) is 0 Å². The molecule has 1 heterocycles. The summed E-state index contributed by atoms with van der Waals surface area (Å²) in [6, 6.07) is 5.16. The molecule has 1 aromatic carbocycles.